The van der Waals surface area contributed by atoms with Crippen LogP contribution in [0.5, 0.6) is 11.6 Å². The van der Waals surface area contributed by atoms with Crippen molar-refractivity contribution in [3.05, 3.63) is 96.3 Å². The molecular formula is C27H23FN6O2. The molecule has 2 N–H and O–H groups in total. The number of rotatable bonds is 7. The molecule has 5 rings (SSSR count). The van der Waals surface area contributed by atoms with Crippen LogP contribution >= 0.6 is 0 Å². The van der Waals surface area contributed by atoms with Gasteiger partial charge in [0.25, 0.3) is 5.91 Å². The number of hydrogen-bond acceptors (Lipinski definition) is 6. The molecule has 3 heterocycles. The van der Waals surface area contributed by atoms with Crippen molar-refractivity contribution in [3.8, 4) is 28.4 Å². The maximum Gasteiger partial charge on any atom is 0.269 e. The smallest absolute Gasteiger partial charge is 0.269 e. The number of aromatic nitrogens is 4. The zero-order valence-corrected chi connectivity index (χ0v) is 19.7. The average molecular weight is 483 g/mol. The van der Waals surface area contributed by atoms with E-state index in [-0.39, 0.29) is 17.3 Å². The van der Waals surface area contributed by atoms with Gasteiger partial charge < -0.3 is 15.4 Å². The van der Waals surface area contributed by atoms with Crippen LogP contribution in [0.4, 0.5) is 4.39 Å². The highest BCUT2D eigenvalue weighted by atomic mass is 19.1. The van der Waals surface area contributed by atoms with Crippen LogP contribution in [0.15, 0.2) is 79.3 Å². The van der Waals surface area contributed by atoms with Crippen LogP contribution in [0.3, 0.4) is 0 Å². The lowest BCUT2D eigenvalue weighted by molar-refractivity contribution is 0.0996. The van der Waals surface area contributed by atoms with E-state index in [4.69, 9.17) is 10.5 Å². The number of carbonyl (C=O) groups excluding carboxylic acids is 1. The number of hydrogen-bond donors (Lipinski definition) is 1. The van der Waals surface area contributed by atoms with Gasteiger partial charge in [-0.3, -0.25) is 9.78 Å². The summed E-state index contributed by atoms with van der Waals surface area (Å²) in [5.74, 6) is -0.813. The first-order valence-corrected chi connectivity index (χ1v) is 11.2. The summed E-state index contributed by atoms with van der Waals surface area (Å²) in [4.78, 5) is 22.9. The Hall–Kier alpha value is -4.63. The quantitative estimate of drug-likeness (QED) is 0.365. The zero-order valence-electron chi connectivity index (χ0n) is 19.7. The van der Waals surface area contributed by atoms with Gasteiger partial charge in [-0.2, -0.15) is 5.10 Å². The molecule has 0 aliphatic rings. The number of pyridine rings is 2. The molecule has 0 radical (unpaired) electrons. The second kappa shape index (κ2) is 9.55. The molecule has 3 aromatic heterocycles. The van der Waals surface area contributed by atoms with Crippen molar-refractivity contribution in [1.29, 1.82) is 0 Å². The Labute approximate surface area is 206 Å². The Morgan fingerprint density at radius 1 is 1.03 bits per heavy atom. The molecule has 2 aromatic carbocycles. The number of primary amides is 1. The predicted molar refractivity (Wildman–Crippen MR) is 134 cm³/mol. The molecule has 0 unspecified atom stereocenters. The van der Waals surface area contributed by atoms with E-state index in [1.807, 2.05) is 38.5 Å². The second-order valence-electron chi connectivity index (χ2n) is 8.56. The van der Waals surface area contributed by atoms with E-state index in [1.165, 1.54) is 18.3 Å². The molecule has 180 valence electrons. The van der Waals surface area contributed by atoms with Gasteiger partial charge in [-0.1, -0.05) is 18.2 Å². The minimum Gasteiger partial charge on any atom is -0.436 e. The number of benzene rings is 2. The molecule has 0 atom stereocenters. The van der Waals surface area contributed by atoms with E-state index in [0.29, 0.717) is 16.6 Å². The lowest BCUT2D eigenvalue weighted by Gasteiger charge is -2.11. The van der Waals surface area contributed by atoms with E-state index in [2.05, 4.69) is 26.0 Å². The van der Waals surface area contributed by atoms with Crippen molar-refractivity contribution >= 4 is 16.8 Å². The highest BCUT2D eigenvalue weighted by Crippen LogP contribution is 2.29. The Kier molecular flexibility index (Phi) is 6.14. The fourth-order valence-electron chi connectivity index (χ4n) is 3.97. The summed E-state index contributed by atoms with van der Waals surface area (Å²) in [5, 5.41) is 5.07. The first kappa shape index (κ1) is 23.1. The summed E-state index contributed by atoms with van der Waals surface area (Å²) in [6.45, 7) is 0.761. The van der Waals surface area contributed by atoms with Gasteiger partial charge in [0.1, 0.15) is 0 Å². The largest absolute Gasteiger partial charge is 0.436 e. The van der Waals surface area contributed by atoms with Crippen LogP contribution in [0.1, 0.15) is 16.1 Å². The third kappa shape index (κ3) is 4.64. The Balaban J connectivity index is 1.51. The monoisotopic (exact) mass is 482 g/mol. The van der Waals surface area contributed by atoms with Crippen LogP contribution in [0.25, 0.3) is 27.7 Å². The summed E-state index contributed by atoms with van der Waals surface area (Å²) < 4.78 is 21.0. The van der Waals surface area contributed by atoms with Crippen molar-refractivity contribution in [2.45, 2.75) is 6.54 Å². The lowest BCUT2D eigenvalue weighted by Crippen LogP contribution is -2.12. The zero-order chi connectivity index (χ0) is 25.2. The highest BCUT2D eigenvalue weighted by molar-refractivity contribution is 6.05. The Bertz CT molecular complexity index is 1560. The van der Waals surface area contributed by atoms with Gasteiger partial charge in [-0.05, 0) is 61.6 Å². The standard InChI is InChI=1S/C27H23FN6O2/c1-33(2)16-17-11-19(14-30-13-17)18-7-9-23-21(12-18)26(27(29)35)32-34(23)20-8-10-25(31-15-20)36-24-6-4-3-5-22(24)28/h3-15H,16H2,1-2H3,(H2,29,35). The SMILES string of the molecule is CN(C)Cc1cncc(-c2ccc3c(c2)c(C(N)=O)nn3-c2ccc(Oc3ccccc3F)nc2)c1. The van der Waals surface area contributed by atoms with Gasteiger partial charge in [-0.25, -0.2) is 14.1 Å². The molecular weight excluding hydrogens is 459 g/mol. The number of nitrogens with zero attached hydrogens (tertiary/aromatic N) is 5. The van der Waals surface area contributed by atoms with E-state index < -0.39 is 11.7 Å². The number of para-hydroxylation sites is 1. The van der Waals surface area contributed by atoms with E-state index in [1.54, 1.807) is 35.1 Å². The fraction of sp³-hybridized carbons (Fsp3) is 0.111. The maximum atomic E-state index is 13.9. The molecule has 36 heavy (non-hydrogen) atoms. The number of carbonyl (C=O) groups is 1. The third-order valence-electron chi connectivity index (χ3n) is 5.56. The second-order valence-corrected chi connectivity index (χ2v) is 8.56. The van der Waals surface area contributed by atoms with Crippen molar-refractivity contribution in [1.82, 2.24) is 24.6 Å². The van der Waals surface area contributed by atoms with Crippen LogP contribution in [-0.2, 0) is 6.54 Å². The first-order valence-electron chi connectivity index (χ1n) is 11.2. The van der Waals surface area contributed by atoms with Crippen molar-refractivity contribution in [2.75, 3.05) is 14.1 Å². The van der Waals surface area contributed by atoms with E-state index >= 15 is 0 Å². The summed E-state index contributed by atoms with van der Waals surface area (Å²) >= 11 is 0. The normalized spacial score (nSPS) is 11.2. The summed E-state index contributed by atoms with van der Waals surface area (Å²) in [5.41, 5.74) is 9.99. The van der Waals surface area contributed by atoms with Crippen molar-refractivity contribution < 1.29 is 13.9 Å². The molecule has 0 aliphatic heterocycles. The average Bonchev–Trinajstić information content (AvgIpc) is 3.25. The van der Waals surface area contributed by atoms with Crippen LogP contribution in [0, 0.1) is 5.82 Å². The van der Waals surface area contributed by atoms with E-state index in [9.17, 15) is 9.18 Å². The van der Waals surface area contributed by atoms with Crippen LogP contribution in [0.2, 0.25) is 0 Å². The van der Waals surface area contributed by atoms with Gasteiger partial charge in [0.15, 0.2) is 17.3 Å². The summed E-state index contributed by atoms with van der Waals surface area (Å²) in [6.07, 6.45) is 5.16. The highest BCUT2D eigenvalue weighted by Gasteiger charge is 2.17. The third-order valence-corrected chi connectivity index (χ3v) is 5.56. The minimum absolute atomic E-state index is 0.0787. The maximum absolute atomic E-state index is 13.9. The van der Waals surface area contributed by atoms with Crippen molar-refractivity contribution in [3.63, 3.8) is 0 Å². The summed E-state index contributed by atoms with van der Waals surface area (Å²) in [6, 6.07) is 17.2. The molecule has 0 fully saturated rings. The molecule has 0 spiro atoms. The van der Waals surface area contributed by atoms with Gasteiger partial charge in [0, 0.05) is 36.0 Å². The fourth-order valence-corrected chi connectivity index (χ4v) is 3.97. The molecule has 8 nitrogen and oxygen atoms in total. The Morgan fingerprint density at radius 3 is 2.58 bits per heavy atom. The number of nitrogens with two attached hydrogens (primary N) is 1. The molecule has 0 saturated carbocycles. The molecule has 0 aliphatic carbocycles. The molecule has 0 saturated heterocycles. The van der Waals surface area contributed by atoms with Gasteiger partial charge in [0.2, 0.25) is 5.88 Å². The van der Waals surface area contributed by atoms with Gasteiger partial charge in [-0.15, -0.1) is 0 Å². The summed E-state index contributed by atoms with van der Waals surface area (Å²) in [7, 11) is 4.00. The Morgan fingerprint density at radius 2 is 1.86 bits per heavy atom. The molecule has 0 bridgehead atoms. The topological polar surface area (TPSA) is 99.2 Å². The number of amides is 1. The van der Waals surface area contributed by atoms with Crippen LogP contribution < -0.4 is 10.5 Å². The van der Waals surface area contributed by atoms with Gasteiger partial charge in [0.05, 0.1) is 17.4 Å². The van der Waals surface area contributed by atoms with E-state index in [0.717, 1.165) is 23.2 Å². The predicted octanol–water partition coefficient (Wildman–Crippen LogP) is 4.57. The first-order chi connectivity index (χ1) is 17.4. The lowest BCUT2D eigenvalue weighted by atomic mass is 10.0. The number of halogens is 1. The minimum atomic E-state index is -0.636. The van der Waals surface area contributed by atoms with Gasteiger partial charge >= 0.3 is 0 Å². The molecule has 1 amide bonds. The number of fused-ring (bicyclic) bond motifs is 1. The van der Waals surface area contributed by atoms with Crippen molar-refractivity contribution in [2.24, 2.45) is 5.73 Å². The molecule has 5 aromatic rings. The number of ether oxygens (including phenoxy) is 1. The van der Waals surface area contributed by atoms with Crippen LogP contribution in [-0.4, -0.2) is 44.7 Å². The molecule has 9 heteroatoms.